The van der Waals surface area contributed by atoms with Gasteiger partial charge in [0.25, 0.3) is 0 Å². The Balaban J connectivity index is 2.35. The molecule has 0 spiro atoms. The van der Waals surface area contributed by atoms with Crippen molar-refractivity contribution < 1.29 is 9.90 Å². The van der Waals surface area contributed by atoms with E-state index >= 15 is 0 Å². The highest BCUT2D eigenvalue weighted by Crippen LogP contribution is 2.30. The highest BCUT2D eigenvalue weighted by Gasteiger charge is 2.26. The molecule has 18 heavy (non-hydrogen) atoms. The average Bonchev–Trinajstić information content (AvgIpc) is 2.27. The van der Waals surface area contributed by atoms with Crippen LogP contribution in [0.1, 0.15) is 24.2 Å². The van der Waals surface area contributed by atoms with Crippen LogP contribution in [0.3, 0.4) is 0 Å². The first kappa shape index (κ1) is 13.7. The molecular formula is C12H15BrN2O2S. The summed E-state index contributed by atoms with van der Waals surface area (Å²) in [6, 6.07) is 1.61. The summed E-state index contributed by atoms with van der Waals surface area (Å²) in [5.74, 6) is -0.359. The number of hydrogen-bond acceptors (Lipinski definition) is 4. The van der Waals surface area contributed by atoms with E-state index in [9.17, 15) is 9.90 Å². The van der Waals surface area contributed by atoms with Crippen LogP contribution in [0.25, 0.3) is 0 Å². The van der Waals surface area contributed by atoms with Crippen molar-refractivity contribution in [1.29, 1.82) is 0 Å². The van der Waals surface area contributed by atoms with Crippen LogP contribution in [0.2, 0.25) is 0 Å². The molecule has 2 atom stereocenters. The van der Waals surface area contributed by atoms with Gasteiger partial charge in [-0.3, -0.25) is 0 Å². The number of rotatable bonds is 2. The van der Waals surface area contributed by atoms with Crippen molar-refractivity contribution in [2.45, 2.75) is 24.3 Å². The Hall–Kier alpha value is -0.750. The molecule has 1 aliphatic rings. The first-order valence-corrected chi connectivity index (χ1v) is 7.50. The fraction of sp³-hybridized carbons (Fsp3) is 0.500. The molecule has 0 saturated carbocycles. The van der Waals surface area contributed by atoms with Crippen LogP contribution in [0.5, 0.6) is 0 Å². The molecule has 2 rings (SSSR count). The molecular weight excluding hydrogens is 316 g/mol. The monoisotopic (exact) mass is 330 g/mol. The maximum Gasteiger partial charge on any atom is 0.339 e. The summed E-state index contributed by atoms with van der Waals surface area (Å²) in [6.07, 6.45) is 1.65. The van der Waals surface area contributed by atoms with Gasteiger partial charge in [-0.25, -0.2) is 9.78 Å². The summed E-state index contributed by atoms with van der Waals surface area (Å²) in [6.45, 7) is 5.99. The van der Waals surface area contributed by atoms with Crippen molar-refractivity contribution in [3.63, 3.8) is 0 Å². The zero-order valence-corrected chi connectivity index (χ0v) is 12.7. The molecule has 1 saturated heterocycles. The molecule has 1 fully saturated rings. The van der Waals surface area contributed by atoms with Gasteiger partial charge in [0.15, 0.2) is 0 Å². The van der Waals surface area contributed by atoms with Crippen LogP contribution in [-0.2, 0) is 0 Å². The van der Waals surface area contributed by atoms with Gasteiger partial charge in [0.05, 0.1) is 0 Å². The lowest BCUT2D eigenvalue weighted by molar-refractivity contribution is 0.0697. The number of carboxylic acids is 1. The molecule has 0 aromatic carbocycles. The molecule has 98 valence electrons. The predicted molar refractivity (Wildman–Crippen MR) is 77.6 cm³/mol. The second-order valence-corrected chi connectivity index (χ2v) is 7.29. The lowest BCUT2D eigenvalue weighted by Gasteiger charge is -2.35. The Labute approximate surface area is 119 Å². The number of carbonyl (C=O) groups is 1. The van der Waals surface area contributed by atoms with Gasteiger partial charge in [-0.15, -0.1) is 0 Å². The van der Waals surface area contributed by atoms with E-state index in [2.05, 4.69) is 39.7 Å². The van der Waals surface area contributed by atoms with E-state index < -0.39 is 5.97 Å². The first-order valence-electron chi connectivity index (χ1n) is 5.76. The highest BCUT2D eigenvalue weighted by atomic mass is 79.9. The lowest BCUT2D eigenvalue weighted by atomic mass is 10.2. The van der Waals surface area contributed by atoms with Gasteiger partial charge in [-0.1, -0.05) is 13.8 Å². The molecule has 1 aliphatic heterocycles. The minimum Gasteiger partial charge on any atom is -0.478 e. The third kappa shape index (κ3) is 2.98. The number of carboxylic acid groups (broad SMARTS) is 1. The summed E-state index contributed by atoms with van der Waals surface area (Å²) in [5, 5.41) is 10.2. The van der Waals surface area contributed by atoms with Crippen molar-refractivity contribution in [2.24, 2.45) is 0 Å². The lowest BCUT2D eigenvalue weighted by Crippen LogP contribution is -2.41. The van der Waals surface area contributed by atoms with Gasteiger partial charge in [0, 0.05) is 34.3 Å². The maximum atomic E-state index is 11.3. The molecule has 4 nitrogen and oxygen atoms in total. The van der Waals surface area contributed by atoms with Crippen molar-refractivity contribution in [1.82, 2.24) is 4.98 Å². The van der Waals surface area contributed by atoms with Crippen molar-refractivity contribution in [3.8, 4) is 0 Å². The Kier molecular flexibility index (Phi) is 4.17. The summed E-state index contributed by atoms with van der Waals surface area (Å²) in [4.78, 5) is 17.6. The Morgan fingerprint density at radius 3 is 2.67 bits per heavy atom. The van der Waals surface area contributed by atoms with E-state index in [4.69, 9.17) is 0 Å². The minimum atomic E-state index is -0.933. The predicted octanol–water partition coefficient (Wildman–Crippen LogP) is 2.87. The summed E-state index contributed by atoms with van der Waals surface area (Å²) >= 11 is 5.19. The molecule has 1 aromatic rings. The third-order valence-electron chi connectivity index (χ3n) is 2.78. The van der Waals surface area contributed by atoms with E-state index in [-0.39, 0.29) is 5.56 Å². The normalized spacial score (nSPS) is 24.1. The maximum absolute atomic E-state index is 11.3. The fourth-order valence-electron chi connectivity index (χ4n) is 2.19. The van der Waals surface area contributed by atoms with E-state index in [1.54, 1.807) is 12.3 Å². The van der Waals surface area contributed by atoms with E-state index in [0.717, 1.165) is 13.1 Å². The van der Waals surface area contributed by atoms with Crippen LogP contribution in [-0.4, -0.2) is 39.6 Å². The average molecular weight is 331 g/mol. The molecule has 0 bridgehead atoms. The van der Waals surface area contributed by atoms with Gasteiger partial charge in [0.1, 0.15) is 11.4 Å². The van der Waals surface area contributed by atoms with E-state index in [1.165, 1.54) is 0 Å². The van der Waals surface area contributed by atoms with Gasteiger partial charge in [-0.2, -0.15) is 11.8 Å². The number of pyridine rings is 1. The summed E-state index contributed by atoms with van der Waals surface area (Å²) in [5.41, 5.74) is 0.260. The molecule has 1 N–H and O–H groups in total. The number of aromatic nitrogens is 1. The molecule has 2 unspecified atom stereocenters. The number of thioether (sulfide) groups is 1. The standard InChI is InChI=1S/C12H15BrN2O2S/c1-7-5-15(6-8(2)18-7)11-10(12(16)17)3-9(13)4-14-11/h3-4,7-8H,5-6H2,1-2H3,(H,16,17). The number of aromatic carboxylic acids is 1. The van der Waals surface area contributed by atoms with E-state index in [1.807, 2.05) is 11.8 Å². The fourth-order valence-corrected chi connectivity index (χ4v) is 3.85. The minimum absolute atomic E-state index is 0.260. The second-order valence-electron chi connectivity index (χ2n) is 4.49. The molecule has 0 amide bonds. The van der Waals surface area contributed by atoms with Crippen LogP contribution in [0, 0.1) is 0 Å². The largest absolute Gasteiger partial charge is 0.478 e. The van der Waals surface area contributed by atoms with Crippen LogP contribution in [0.15, 0.2) is 16.7 Å². The van der Waals surface area contributed by atoms with Gasteiger partial charge in [-0.05, 0) is 22.0 Å². The second kappa shape index (κ2) is 5.48. The zero-order valence-electron chi connectivity index (χ0n) is 10.3. The molecule has 2 heterocycles. The number of hydrogen-bond donors (Lipinski definition) is 1. The van der Waals surface area contributed by atoms with Crippen molar-refractivity contribution in [2.75, 3.05) is 18.0 Å². The Morgan fingerprint density at radius 1 is 1.50 bits per heavy atom. The highest BCUT2D eigenvalue weighted by molar-refractivity contribution is 9.10. The van der Waals surface area contributed by atoms with Gasteiger partial charge in [0.2, 0.25) is 0 Å². The van der Waals surface area contributed by atoms with Crippen molar-refractivity contribution in [3.05, 3.63) is 22.3 Å². The van der Waals surface area contributed by atoms with Gasteiger partial charge >= 0.3 is 5.97 Å². The Bertz CT molecular complexity index is 459. The number of nitrogens with zero attached hydrogens (tertiary/aromatic N) is 2. The first-order chi connectivity index (χ1) is 8.47. The Morgan fingerprint density at radius 2 is 2.11 bits per heavy atom. The van der Waals surface area contributed by atoms with Gasteiger partial charge < -0.3 is 10.0 Å². The third-order valence-corrected chi connectivity index (χ3v) is 4.44. The number of halogens is 1. The van der Waals surface area contributed by atoms with Crippen LogP contribution < -0.4 is 4.90 Å². The SMILES string of the molecule is CC1CN(c2ncc(Br)cc2C(=O)O)CC(C)S1. The quantitative estimate of drug-likeness (QED) is 0.903. The topological polar surface area (TPSA) is 53.4 Å². The molecule has 0 aliphatic carbocycles. The smallest absolute Gasteiger partial charge is 0.339 e. The van der Waals surface area contributed by atoms with Crippen molar-refractivity contribution >= 4 is 39.5 Å². The summed E-state index contributed by atoms with van der Waals surface area (Å²) < 4.78 is 0.691. The molecule has 6 heteroatoms. The van der Waals surface area contributed by atoms with Crippen LogP contribution in [0.4, 0.5) is 5.82 Å². The molecule has 0 radical (unpaired) electrons. The summed E-state index contributed by atoms with van der Waals surface area (Å²) in [7, 11) is 0. The molecule has 1 aromatic heterocycles. The number of anilines is 1. The zero-order chi connectivity index (χ0) is 13.3. The van der Waals surface area contributed by atoms with E-state index in [0.29, 0.717) is 20.8 Å². The van der Waals surface area contributed by atoms with Crippen LogP contribution >= 0.6 is 27.7 Å².